The summed E-state index contributed by atoms with van der Waals surface area (Å²) in [5.41, 5.74) is 1.57. The van der Waals surface area contributed by atoms with Gasteiger partial charge in [-0.15, -0.1) is 0 Å². The van der Waals surface area contributed by atoms with Crippen molar-refractivity contribution in [2.24, 2.45) is 11.3 Å². The smallest absolute Gasteiger partial charge is 0.119 e. The molecule has 7 nitrogen and oxygen atoms in total. The van der Waals surface area contributed by atoms with Crippen molar-refractivity contribution in [3.8, 4) is 6.07 Å². The molecule has 0 amide bonds. The summed E-state index contributed by atoms with van der Waals surface area (Å²) >= 11 is 6.57. The molecule has 27 heavy (non-hydrogen) atoms. The molecule has 2 N–H and O–H groups in total. The summed E-state index contributed by atoms with van der Waals surface area (Å²) in [5, 5.41) is 14.0. The van der Waals surface area contributed by atoms with Gasteiger partial charge in [-0.2, -0.15) is 10.4 Å². The van der Waals surface area contributed by atoms with Crippen molar-refractivity contribution in [2.45, 2.75) is 32.7 Å². The highest BCUT2D eigenvalue weighted by Gasteiger charge is 2.34. The summed E-state index contributed by atoms with van der Waals surface area (Å²) in [4.78, 5) is 6.61. The van der Waals surface area contributed by atoms with Gasteiger partial charge < -0.3 is 4.90 Å². The minimum absolute atomic E-state index is 0.0108. The van der Waals surface area contributed by atoms with Crippen LogP contribution >= 0.6 is 11.6 Å². The summed E-state index contributed by atoms with van der Waals surface area (Å²) in [6.07, 6.45) is 9.49. The van der Waals surface area contributed by atoms with Crippen LogP contribution in [-0.4, -0.2) is 39.1 Å². The van der Waals surface area contributed by atoms with E-state index < -0.39 is 0 Å². The number of hydrogen-bond donors (Lipinski definition) is 1. The standard InChI is InChI=1S/C19H24ClN7/c1-14(26-7-4-8-27(26)22)15-9-16(20)17-10-23-13-25(17)18(15)24-6-3-5-19(2,11-21)12-24/h4,7,9-10,13-14H,3,5-6,8,12,22H2,1-2H3. The Hall–Kier alpha value is -2.27. The van der Waals surface area contributed by atoms with Crippen molar-refractivity contribution in [1.82, 2.24) is 19.5 Å². The average molecular weight is 386 g/mol. The Bertz CT molecular complexity index is 930. The molecule has 2 atom stereocenters. The topological polar surface area (TPSA) is 76.8 Å². The molecule has 4 rings (SSSR count). The molecule has 2 aromatic heterocycles. The lowest BCUT2D eigenvalue weighted by atomic mass is 9.83. The van der Waals surface area contributed by atoms with Gasteiger partial charge in [-0.05, 0) is 38.8 Å². The number of anilines is 1. The third-order valence-corrected chi connectivity index (χ3v) is 5.91. The SMILES string of the molecule is CC(c1cc(Cl)c2cncn2c1N1CCCC(C)(C#N)C1)N1C=CCN1N. The lowest BCUT2D eigenvalue weighted by Gasteiger charge is -2.40. The first-order valence-electron chi connectivity index (χ1n) is 9.21. The normalized spacial score (nSPS) is 24.6. The zero-order valence-corrected chi connectivity index (χ0v) is 16.4. The van der Waals surface area contributed by atoms with E-state index in [1.54, 1.807) is 17.6 Å². The number of rotatable bonds is 3. The van der Waals surface area contributed by atoms with Gasteiger partial charge in [0.15, 0.2) is 0 Å². The number of hydrazine groups is 2. The molecule has 2 aliphatic heterocycles. The molecule has 0 aromatic carbocycles. The van der Waals surface area contributed by atoms with E-state index in [0.29, 0.717) is 18.1 Å². The van der Waals surface area contributed by atoms with Crippen LogP contribution < -0.4 is 10.7 Å². The third kappa shape index (κ3) is 3.04. The first-order valence-corrected chi connectivity index (χ1v) is 9.59. The highest BCUT2D eigenvalue weighted by Crippen LogP contribution is 2.39. The minimum atomic E-state index is -0.362. The molecule has 1 fully saturated rings. The number of halogens is 1. The molecule has 0 spiro atoms. The Morgan fingerprint density at radius 1 is 1.44 bits per heavy atom. The third-order valence-electron chi connectivity index (χ3n) is 5.61. The number of nitrogens with two attached hydrogens (primary N) is 1. The summed E-state index contributed by atoms with van der Waals surface area (Å²) in [6.45, 7) is 6.40. The maximum Gasteiger partial charge on any atom is 0.119 e. The highest BCUT2D eigenvalue weighted by atomic mass is 35.5. The molecule has 8 heteroatoms. The number of aromatic nitrogens is 2. The molecule has 0 bridgehead atoms. The van der Waals surface area contributed by atoms with Gasteiger partial charge in [0.25, 0.3) is 0 Å². The maximum absolute atomic E-state index is 9.66. The fraction of sp³-hybridized carbons (Fsp3) is 0.474. The van der Waals surface area contributed by atoms with Gasteiger partial charge in [0.2, 0.25) is 0 Å². The quantitative estimate of drug-likeness (QED) is 0.818. The van der Waals surface area contributed by atoms with E-state index in [4.69, 9.17) is 17.4 Å². The van der Waals surface area contributed by atoms with Gasteiger partial charge in [0.1, 0.15) is 12.1 Å². The summed E-state index contributed by atoms with van der Waals surface area (Å²) in [7, 11) is 0. The van der Waals surface area contributed by atoms with E-state index in [1.807, 2.05) is 34.7 Å². The van der Waals surface area contributed by atoms with Crippen molar-refractivity contribution in [3.63, 3.8) is 0 Å². The first kappa shape index (κ1) is 18.1. The van der Waals surface area contributed by atoms with Crippen LogP contribution in [0.1, 0.15) is 38.3 Å². The summed E-state index contributed by atoms with van der Waals surface area (Å²) in [6, 6.07) is 4.50. The minimum Gasteiger partial charge on any atom is -0.356 e. The molecule has 142 valence electrons. The largest absolute Gasteiger partial charge is 0.356 e. The molecular weight excluding hydrogens is 362 g/mol. The van der Waals surface area contributed by atoms with Gasteiger partial charge >= 0.3 is 0 Å². The van der Waals surface area contributed by atoms with Crippen LogP contribution in [0, 0.1) is 16.7 Å². The number of fused-ring (bicyclic) bond motifs is 1. The Morgan fingerprint density at radius 3 is 2.96 bits per heavy atom. The maximum atomic E-state index is 9.66. The summed E-state index contributed by atoms with van der Waals surface area (Å²) in [5.74, 6) is 7.17. The average Bonchev–Trinajstić information content (AvgIpc) is 3.30. The molecule has 2 aromatic rings. The van der Waals surface area contributed by atoms with Gasteiger partial charge in [0, 0.05) is 24.9 Å². The number of hydrogen-bond acceptors (Lipinski definition) is 6. The van der Waals surface area contributed by atoms with Crippen molar-refractivity contribution in [2.75, 3.05) is 24.5 Å². The van der Waals surface area contributed by atoms with Crippen LogP contribution in [0.25, 0.3) is 5.52 Å². The number of pyridine rings is 1. The molecule has 2 unspecified atom stereocenters. The van der Waals surface area contributed by atoms with Crippen LogP contribution in [-0.2, 0) is 0 Å². The van der Waals surface area contributed by atoms with Crippen LogP contribution in [0.5, 0.6) is 0 Å². The molecular formula is C19H24ClN7. The van der Waals surface area contributed by atoms with Crippen molar-refractivity contribution >= 4 is 22.9 Å². The Balaban J connectivity index is 1.85. The zero-order chi connectivity index (χ0) is 19.2. The fourth-order valence-corrected chi connectivity index (χ4v) is 4.40. The lowest BCUT2D eigenvalue weighted by Crippen LogP contribution is -2.44. The van der Waals surface area contributed by atoms with Crippen LogP contribution in [0.3, 0.4) is 0 Å². The van der Waals surface area contributed by atoms with Gasteiger partial charge in [-0.3, -0.25) is 15.3 Å². The van der Waals surface area contributed by atoms with E-state index in [-0.39, 0.29) is 11.5 Å². The Labute approximate surface area is 164 Å². The Morgan fingerprint density at radius 2 is 2.26 bits per heavy atom. The molecule has 4 heterocycles. The second-order valence-corrected chi connectivity index (χ2v) is 8.09. The van der Waals surface area contributed by atoms with Crippen molar-refractivity contribution < 1.29 is 0 Å². The number of piperidine rings is 1. The lowest BCUT2D eigenvalue weighted by molar-refractivity contribution is 0.0158. The second kappa shape index (κ2) is 6.71. The van der Waals surface area contributed by atoms with Crippen LogP contribution in [0.15, 0.2) is 30.9 Å². The van der Waals surface area contributed by atoms with Gasteiger partial charge in [0.05, 0.1) is 40.8 Å². The van der Waals surface area contributed by atoms with Gasteiger partial charge in [-0.1, -0.05) is 11.6 Å². The van der Waals surface area contributed by atoms with Crippen LogP contribution in [0.2, 0.25) is 5.02 Å². The Kier molecular flexibility index (Phi) is 4.50. The molecule has 2 aliphatic rings. The van der Waals surface area contributed by atoms with E-state index >= 15 is 0 Å². The highest BCUT2D eigenvalue weighted by molar-refractivity contribution is 6.34. The fourth-order valence-electron chi connectivity index (χ4n) is 4.15. The number of imidazole rings is 1. The van der Waals surface area contributed by atoms with E-state index in [9.17, 15) is 5.26 Å². The number of nitriles is 1. The van der Waals surface area contributed by atoms with Crippen LogP contribution in [0.4, 0.5) is 5.82 Å². The van der Waals surface area contributed by atoms with E-state index in [1.165, 1.54) is 0 Å². The van der Waals surface area contributed by atoms with Crippen molar-refractivity contribution in [1.29, 1.82) is 5.26 Å². The second-order valence-electron chi connectivity index (χ2n) is 7.68. The molecule has 1 saturated heterocycles. The van der Waals surface area contributed by atoms with E-state index in [2.05, 4.69) is 22.9 Å². The first-order chi connectivity index (χ1) is 12.9. The monoisotopic (exact) mass is 385 g/mol. The predicted octanol–water partition coefficient (Wildman–Crippen LogP) is 3.10. The van der Waals surface area contributed by atoms with Gasteiger partial charge in [-0.25, -0.2) is 4.98 Å². The van der Waals surface area contributed by atoms with Crippen molar-refractivity contribution in [3.05, 3.63) is 41.5 Å². The molecule has 0 aliphatic carbocycles. The predicted molar refractivity (Wildman–Crippen MR) is 106 cm³/mol. The summed E-state index contributed by atoms with van der Waals surface area (Å²) < 4.78 is 2.04. The van der Waals surface area contributed by atoms with E-state index in [0.717, 1.165) is 36.3 Å². The molecule has 0 saturated carbocycles. The zero-order valence-electron chi connectivity index (χ0n) is 15.6. The number of nitrogens with zero attached hydrogens (tertiary/aromatic N) is 6. The molecule has 0 radical (unpaired) electrons.